The van der Waals surface area contributed by atoms with Crippen LogP contribution in [-0.2, 0) is 20.8 Å². The number of nitrogens with one attached hydrogen (secondary N) is 2. The Hall–Kier alpha value is -2.49. The van der Waals surface area contributed by atoms with E-state index >= 15 is 0 Å². The Labute approximate surface area is 187 Å². The van der Waals surface area contributed by atoms with E-state index < -0.39 is 18.1 Å². The van der Waals surface area contributed by atoms with Gasteiger partial charge in [0.05, 0.1) is 24.3 Å². The summed E-state index contributed by atoms with van der Waals surface area (Å²) in [6.45, 7) is 0.919. The maximum atomic E-state index is 12.9. The number of ketones is 1. The van der Waals surface area contributed by atoms with Gasteiger partial charge in [-0.15, -0.1) is 11.6 Å². The molecule has 2 rings (SSSR count). The molecule has 1 saturated heterocycles. The van der Waals surface area contributed by atoms with Crippen LogP contribution in [0.4, 0.5) is 0 Å². The molecule has 3 atom stereocenters. The highest BCUT2D eigenvalue weighted by Gasteiger charge is 2.37. The highest BCUT2D eigenvalue weighted by atomic mass is 35.5. The molecule has 1 aliphatic heterocycles. The number of Topliss-reactive ketones (excluding diaryl/α,β-unsaturated/α-hetero) is 1. The average Bonchev–Trinajstić information content (AvgIpc) is 3.27. The standard InChI is InChI=1S/C21H31ClN6O3/c22-13-19(29)17(8-4-10-25-14-26-24)27-20(30)18-9-5-11-28(18)21(31)16(23)12-15-6-2-1-3-7-15/h1-3,6-7,14,16-18H,4-5,8-13,23-24H2,(H,25,26)(H,27,30)/t16?,17?,18-/m0/s1. The Morgan fingerprint density at radius 1 is 1.29 bits per heavy atom. The number of nitrogens with two attached hydrogens (primary N) is 2. The van der Waals surface area contributed by atoms with Crippen LogP contribution in [0.5, 0.6) is 0 Å². The van der Waals surface area contributed by atoms with Crippen molar-refractivity contribution >= 4 is 35.5 Å². The Kier molecular flexibility index (Phi) is 10.4. The first-order valence-corrected chi connectivity index (χ1v) is 10.9. The Balaban J connectivity index is 1.96. The maximum Gasteiger partial charge on any atom is 0.243 e. The molecule has 1 aromatic carbocycles. The molecular formula is C21H31ClN6O3. The number of alkyl halides is 1. The van der Waals surface area contributed by atoms with Crippen LogP contribution in [0.1, 0.15) is 31.2 Å². The quantitative estimate of drug-likeness (QED) is 0.0888. The minimum absolute atomic E-state index is 0.201. The first-order chi connectivity index (χ1) is 15.0. The molecule has 170 valence electrons. The predicted octanol–water partition coefficient (Wildman–Crippen LogP) is 0.112. The lowest BCUT2D eigenvalue weighted by atomic mass is 10.0. The van der Waals surface area contributed by atoms with Crippen LogP contribution < -0.4 is 22.3 Å². The Morgan fingerprint density at radius 3 is 2.71 bits per heavy atom. The van der Waals surface area contributed by atoms with Crippen molar-refractivity contribution in [1.29, 1.82) is 0 Å². The highest BCUT2D eigenvalue weighted by molar-refractivity contribution is 6.28. The minimum Gasteiger partial charge on any atom is -0.344 e. The smallest absolute Gasteiger partial charge is 0.243 e. The van der Waals surface area contributed by atoms with Crippen LogP contribution in [-0.4, -0.2) is 65.9 Å². The fourth-order valence-electron chi connectivity index (χ4n) is 3.65. The number of hydrazine groups is 1. The van der Waals surface area contributed by atoms with E-state index in [9.17, 15) is 14.4 Å². The third-order valence-electron chi connectivity index (χ3n) is 5.24. The van der Waals surface area contributed by atoms with Crippen molar-refractivity contribution in [1.82, 2.24) is 15.6 Å². The van der Waals surface area contributed by atoms with Crippen molar-refractivity contribution in [3.63, 3.8) is 0 Å². The average molecular weight is 451 g/mol. The van der Waals surface area contributed by atoms with E-state index in [4.69, 9.17) is 23.2 Å². The number of halogens is 1. The molecule has 0 radical (unpaired) electrons. The summed E-state index contributed by atoms with van der Waals surface area (Å²) >= 11 is 5.71. The van der Waals surface area contributed by atoms with Gasteiger partial charge in [-0.1, -0.05) is 30.3 Å². The summed E-state index contributed by atoms with van der Waals surface area (Å²) in [6, 6.07) is 7.42. The molecule has 9 nitrogen and oxygen atoms in total. The maximum absolute atomic E-state index is 12.9. The fraction of sp³-hybridized carbons (Fsp3) is 0.524. The van der Waals surface area contributed by atoms with Gasteiger partial charge in [-0.3, -0.25) is 19.4 Å². The van der Waals surface area contributed by atoms with E-state index in [0.29, 0.717) is 45.2 Å². The molecule has 0 aliphatic carbocycles. The van der Waals surface area contributed by atoms with Crippen molar-refractivity contribution in [2.75, 3.05) is 19.0 Å². The molecule has 2 amide bonds. The van der Waals surface area contributed by atoms with Crippen LogP contribution in [0, 0.1) is 0 Å². The van der Waals surface area contributed by atoms with E-state index in [1.165, 1.54) is 11.2 Å². The summed E-state index contributed by atoms with van der Waals surface area (Å²) in [5.41, 5.74) is 9.41. The number of hydrogen-bond donors (Lipinski definition) is 4. The normalized spacial score (nSPS) is 18.0. The van der Waals surface area contributed by atoms with Gasteiger partial charge in [0.15, 0.2) is 5.78 Å². The summed E-state index contributed by atoms with van der Waals surface area (Å²) in [7, 11) is 0. The van der Waals surface area contributed by atoms with E-state index in [2.05, 4.69) is 15.7 Å². The van der Waals surface area contributed by atoms with E-state index in [1.54, 1.807) is 0 Å². The van der Waals surface area contributed by atoms with Gasteiger partial charge in [0, 0.05) is 13.1 Å². The van der Waals surface area contributed by atoms with Crippen LogP contribution >= 0.6 is 11.6 Å². The number of carbonyl (C=O) groups excluding carboxylic acids is 3. The number of likely N-dealkylation sites (tertiary alicyclic amines) is 1. The summed E-state index contributed by atoms with van der Waals surface area (Å²) in [4.78, 5) is 43.6. The third kappa shape index (κ3) is 7.61. The van der Waals surface area contributed by atoms with Crippen molar-refractivity contribution in [3.05, 3.63) is 35.9 Å². The van der Waals surface area contributed by atoms with Crippen LogP contribution in [0.15, 0.2) is 35.3 Å². The third-order valence-corrected chi connectivity index (χ3v) is 5.50. The summed E-state index contributed by atoms with van der Waals surface area (Å²) in [5, 5.41) is 2.77. The minimum atomic E-state index is -0.731. The molecule has 1 fully saturated rings. The van der Waals surface area contributed by atoms with E-state index in [0.717, 1.165) is 5.56 Å². The largest absolute Gasteiger partial charge is 0.344 e. The van der Waals surface area contributed by atoms with Gasteiger partial charge in [-0.05, 0) is 37.7 Å². The zero-order valence-corrected chi connectivity index (χ0v) is 18.3. The molecule has 0 spiro atoms. The number of aliphatic imine (C=N–C) groups is 1. The summed E-state index contributed by atoms with van der Waals surface area (Å²) in [6.07, 6.45) is 3.96. The van der Waals surface area contributed by atoms with Crippen molar-refractivity contribution in [2.24, 2.45) is 16.6 Å². The van der Waals surface area contributed by atoms with Crippen LogP contribution in [0.2, 0.25) is 0 Å². The Morgan fingerprint density at radius 2 is 2.03 bits per heavy atom. The second kappa shape index (κ2) is 13.0. The van der Waals surface area contributed by atoms with E-state index in [1.807, 2.05) is 30.3 Å². The van der Waals surface area contributed by atoms with Crippen molar-refractivity contribution in [3.8, 4) is 0 Å². The number of rotatable bonds is 12. The molecule has 10 heteroatoms. The lowest BCUT2D eigenvalue weighted by Crippen LogP contribution is -2.54. The lowest BCUT2D eigenvalue weighted by Gasteiger charge is -2.28. The molecule has 1 aliphatic rings. The molecular weight excluding hydrogens is 420 g/mol. The Bertz CT molecular complexity index is 761. The van der Waals surface area contributed by atoms with Gasteiger partial charge in [-0.2, -0.15) is 0 Å². The van der Waals surface area contributed by atoms with Crippen LogP contribution in [0.3, 0.4) is 0 Å². The summed E-state index contributed by atoms with van der Waals surface area (Å²) < 4.78 is 0. The SMILES string of the molecule is NNC=NCCCC(NC(=O)[C@@H]1CCCN1C(=O)C(N)Cc1ccccc1)C(=O)CCl. The van der Waals surface area contributed by atoms with Gasteiger partial charge in [-0.25, -0.2) is 5.84 Å². The van der Waals surface area contributed by atoms with Gasteiger partial charge in [0.25, 0.3) is 0 Å². The van der Waals surface area contributed by atoms with Crippen LogP contribution in [0.25, 0.3) is 0 Å². The molecule has 6 N–H and O–H groups in total. The second-order valence-electron chi connectivity index (χ2n) is 7.49. The molecule has 0 bridgehead atoms. The number of nitrogens with zero attached hydrogens (tertiary/aromatic N) is 2. The first kappa shape index (κ1) is 24.8. The van der Waals surface area contributed by atoms with Gasteiger partial charge < -0.3 is 21.4 Å². The fourth-order valence-corrected chi connectivity index (χ4v) is 3.84. The van der Waals surface area contributed by atoms with E-state index in [-0.39, 0.29) is 23.5 Å². The van der Waals surface area contributed by atoms with Crippen molar-refractivity contribution in [2.45, 2.75) is 50.2 Å². The van der Waals surface area contributed by atoms with Gasteiger partial charge >= 0.3 is 0 Å². The summed E-state index contributed by atoms with van der Waals surface area (Å²) in [5.74, 6) is 4.03. The van der Waals surface area contributed by atoms with Gasteiger partial charge in [0.1, 0.15) is 6.04 Å². The zero-order valence-electron chi connectivity index (χ0n) is 17.5. The molecule has 1 heterocycles. The van der Waals surface area contributed by atoms with Crippen molar-refractivity contribution < 1.29 is 14.4 Å². The topological polar surface area (TPSA) is 143 Å². The number of hydrogen-bond acceptors (Lipinski definition) is 6. The molecule has 2 unspecified atom stereocenters. The number of amides is 2. The molecule has 31 heavy (non-hydrogen) atoms. The number of benzene rings is 1. The predicted molar refractivity (Wildman–Crippen MR) is 120 cm³/mol. The molecule has 0 aromatic heterocycles. The zero-order chi connectivity index (χ0) is 22.6. The molecule has 0 saturated carbocycles. The highest BCUT2D eigenvalue weighted by Crippen LogP contribution is 2.20. The monoisotopic (exact) mass is 450 g/mol. The first-order valence-electron chi connectivity index (χ1n) is 10.4. The lowest BCUT2D eigenvalue weighted by molar-refractivity contribution is -0.140. The van der Waals surface area contributed by atoms with Gasteiger partial charge in [0.2, 0.25) is 11.8 Å². The molecule has 1 aromatic rings. The second-order valence-corrected chi connectivity index (χ2v) is 7.76. The number of carbonyl (C=O) groups is 3.